The molecule has 7 heteroatoms. The summed E-state index contributed by atoms with van der Waals surface area (Å²) in [6, 6.07) is 15.0. The van der Waals surface area contributed by atoms with Crippen LogP contribution in [-0.4, -0.2) is 34.6 Å². The monoisotopic (exact) mass is 347 g/mol. The summed E-state index contributed by atoms with van der Waals surface area (Å²) in [5.41, 5.74) is 2.49. The second-order valence-corrected chi connectivity index (χ2v) is 5.53. The van der Waals surface area contributed by atoms with Crippen molar-refractivity contribution < 1.29 is 9.53 Å². The zero-order valence-corrected chi connectivity index (χ0v) is 14.2. The highest BCUT2D eigenvalue weighted by molar-refractivity contribution is 5.84. The zero-order valence-electron chi connectivity index (χ0n) is 14.2. The summed E-state index contributed by atoms with van der Waals surface area (Å²) in [6.45, 7) is 0.538. The average molecular weight is 347 g/mol. The van der Waals surface area contributed by atoms with E-state index in [0.717, 1.165) is 5.69 Å². The Hall–Kier alpha value is -3.53. The van der Waals surface area contributed by atoms with Gasteiger partial charge in [0.15, 0.2) is 11.7 Å². The van der Waals surface area contributed by atoms with Gasteiger partial charge in [-0.05, 0) is 24.3 Å². The molecule has 0 fully saturated rings. The van der Waals surface area contributed by atoms with Gasteiger partial charge in [0.05, 0.1) is 24.2 Å². The summed E-state index contributed by atoms with van der Waals surface area (Å²) in [6.07, 6.45) is 2.41. The Labute approximate surface area is 150 Å². The molecule has 1 aromatic carbocycles. The van der Waals surface area contributed by atoms with Crippen molar-refractivity contribution in [3.63, 3.8) is 0 Å². The molecule has 7 nitrogen and oxygen atoms in total. The third kappa shape index (κ3) is 3.75. The Kier molecular flexibility index (Phi) is 5.34. The van der Waals surface area contributed by atoms with Gasteiger partial charge in [0.1, 0.15) is 5.69 Å². The molecular formula is C19H17N5O2. The van der Waals surface area contributed by atoms with E-state index >= 15 is 0 Å². The molecule has 0 aliphatic heterocycles. The number of carbonyl (C=O) groups is 1. The van der Waals surface area contributed by atoms with Crippen LogP contribution in [0.25, 0.3) is 11.0 Å². The summed E-state index contributed by atoms with van der Waals surface area (Å²) in [5.74, 6) is -1.41. The van der Waals surface area contributed by atoms with Crippen molar-refractivity contribution in [2.45, 2.75) is 12.3 Å². The van der Waals surface area contributed by atoms with Crippen LogP contribution in [0.4, 0.5) is 5.82 Å². The van der Waals surface area contributed by atoms with Gasteiger partial charge in [-0.1, -0.05) is 18.2 Å². The molecule has 26 heavy (non-hydrogen) atoms. The summed E-state index contributed by atoms with van der Waals surface area (Å²) >= 11 is 0. The highest BCUT2D eigenvalue weighted by Crippen LogP contribution is 2.25. The Morgan fingerprint density at radius 1 is 1.19 bits per heavy atom. The van der Waals surface area contributed by atoms with Crippen molar-refractivity contribution in [3.05, 3.63) is 60.0 Å². The van der Waals surface area contributed by atoms with E-state index in [1.165, 1.54) is 7.11 Å². The molecule has 1 atom stereocenters. The molecule has 0 unspecified atom stereocenters. The van der Waals surface area contributed by atoms with Crippen molar-refractivity contribution in [3.8, 4) is 6.07 Å². The molecule has 0 saturated carbocycles. The van der Waals surface area contributed by atoms with Crippen LogP contribution in [0, 0.1) is 11.3 Å². The lowest BCUT2D eigenvalue weighted by Crippen LogP contribution is -2.18. The van der Waals surface area contributed by atoms with E-state index in [1.54, 1.807) is 12.3 Å². The minimum Gasteiger partial charge on any atom is -0.468 e. The molecule has 1 N–H and O–H groups in total. The van der Waals surface area contributed by atoms with Gasteiger partial charge in [0.25, 0.3) is 0 Å². The number of carbonyl (C=O) groups excluding carboxylic acids is 1. The summed E-state index contributed by atoms with van der Waals surface area (Å²) < 4.78 is 4.73. The van der Waals surface area contributed by atoms with E-state index in [4.69, 9.17) is 4.74 Å². The van der Waals surface area contributed by atoms with Crippen molar-refractivity contribution in [1.82, 2.24) is 15.0 Å². The first kappa shape index (κ1) is 17.3. The molecule has 0 aliphatic rings. The minimum absolute atomic E-state index is 0.263. The van der Waals surface area contributed by atoms with Crippen LogP contribution < -0.4 is 5.32 Å². The molecule has 0 aliphatic carbocycles. The molecule has 0 saturated heterocycles. The fraction of sp³-hybridized carbons (Fsp3) is 0.211. The van der Waals surface area contributed by atoms with Gasteiger partial charge >= 0.3 is 5.97 Å². The van der Waals surface area contributed by atoms with Crippen LogP contribution >= 0.6 is 0 Å². The maximum absolute atomic E-state index is 12.0. The Balaban J connectivity index is 1.92. The number of methoxy groups -OCH3 is 1. The maximum atomic E-state index is 12.0. The largest absolute Gasteiger partial charge is 0.468 e. The topological polar surface area (TPSA) is 101 Å². The number of nitrogens with one attached hydrogen (secondary N) is 1. The lowest BCUT2D eigenvalue weighted by molar-refractivity contribution is -0.141. The third-order valence-corrected chi connectivity index (χ3v) is 3.84. The number of benzene rings is 1. The lowest BCUT2D eigenvalue weighted by Gasteiger charge is -2.14. The number of ether oxygens (including phenoxy) is 1. The fourth-order valence-electron chi connectivity index (χ4n) is 2.54. The second kappa shape index (κ2) is 8.03. The van der Waals surface area contributed by atoms with Crippen molar-refractivity contribution in [2.24, 2.45) is 0 Å². The van der Waals surface area contributed by atoms with Crippen molar-refractivity contribution in [2.75, 3.05) is 19.0 Å². The summed E-state index contributed by atoms with van der Waals surface area (Å²) in [7, 11) is 1.25. The smallest absolute Gasteiger partial charge is 0.329 e. The van der Waals surface area contributed by atoms with Gasteiger partial charge < -0.3 is 10.1 Å². The lowest BCUT2D eigenvalue weighted by atomic mass is 10.1. The number of rotatable bonds is 6. The van der Waals surface area contributed by atoms with Gasteiger partial charge in [0.2, 0.25) is 0 Å². The van der Waals surface area contributed by atoms with Gasteiger partial charge in [-0.15, -0.1) is 0 Å². The van der Waals surface area contributed by atoms with Crippen LogP contribution in [-0.2, 0) is 16.0 Å². The van der Waals surface area contributed by atoms with Gasteiger partial charge in [0, 0.05) is 24.9 Å². The molecule has 2 aromatic heterocycles. The van der Waals surface area contributed by atoms with E-state index in [9.17, 15) is 10.1 Å². The molecule has 2 heterocycles. The van der Waals surface area contributed by atoms with Gasteiger partial charge in [-0.2, -0.15) is 5.26 Å². The number of esters is 1. The molecule has 0 bridgehead atoms. The Bertz CT molecular complexity index is 953. The van der Waals surface area contributed by atoms with Crippen molar-refractivity contribution >= 4 is 22.8 Å². The number of fused-ring (bicyclic) bond motifs is 1. The summed E-state index contributed by atoms with van der Waals surface area (Å²) in [4.78, 5) is 25.3. The third-order valence-electron chi connectivity index (χ3n) is 3.84. The second-order valence-electron chi connectivity index (χ2n) is 5.53. The molecule has 3 rings (SSSR count). The van der Waals surface area contributed by atoms with Crippen LogP contribution in [0.2, 0.25) is 0 Å². The number of pyridine rings is 1. The first-order chi connectivity index (χ1) is 12.7. The van der Waals surface area contributed by atoms with E-state index in [1.807, 2.05) is 42.5 Å². The molecule has 130 valence electrons. The predicted octanol–water partition coefficient (Wildman–Crippen LogP) is 2.46. The van der Waals surface area contributed by atoms with E-state index in [-0.39, 0.29) is 5.69 Å². The standard InChI is InChI=1S/C19H17N5O2/c1-26-19(25)14(12-20)17-18(22-11-9-13-6-4-5-10-21-13)24-16-8-3-2-7-15(16)23-17/h2-8,10,14H,9,11H2,1H3,(H,22,24)/t14-/m1/s1. The normalized spacial score (nSPS) is 11.5. The number of aromatic nitrogens is 3. The number of hydrogen-bond acceptors (Lipinski definition) is 7. The average Bonchev–Trinajstić information content (AvgIpc) is 2.69. The van der Waals surface area contributed by atoms with Gasteiger partial charge in [-0.25, -0.2) is 9.97 Å². The van der Waals surface area contributed by atoms with Crippen LogP contribution in [0.3, 0.4) is 0 Å². The van der Waals surface area contributed by atoms with E-state index in [0.29, 0.717) is 29.8 Å². The molecule has 3 aromatic rings. The first-order valence-corrected chi connectivity index (χ1v) is 8.11. The number of anilines is 1. The van der Waals surface area contributed by atoms with E-state index in [2.05, 4.69) is 20.3 Å². The number of hydrogen-bond donors (Lipinski definition) is 1. The fourth-order valence-corrected chi connectivity index (χ4v) is 2.54. The molecular weight excluding hydrogens is 330 g/mol. The van der Waals surface area contributed by atoms with Crippen LogP contribution in [0.1, 0.15) is 17.3 Å². The zero-order chi connectivity index (χ0) is 18.4. The quantitative estimate of drug-likeness (QED) is 0.683. The number of nitriles is 1. The Morgan fingerprint density at radius 3 is 2.58 bits per heavy atom. The van der Waals surface area contributed by atoms with Crippen molar-refractivity contribution in [1.29, 1.82) is 5.26 Å². The highest BCUT2D eigenvalue weighted by atomic mass is 16.5. The predicted molar refractivity (Wildman–Crippen MR) is 96.3 cm³/mol. The highest BCUT2D eigenvalue weighted by Gasteiger charge is 2.27. The summed E-state index contributed by atoms with van der Waals surface area (Å²) in [5, 5.41) is 12.6. The molecule has 0 radical (unpaired) electrons. The Morgan fingerprint density at radius 2 is 1.92 bits per heavy atom. The van der Waals surface area contributed by atoms with Crippen LogP contribution in [0.15, 0.2) is 48.7 Å². The van der Waals surface area contributed by atoms with Crippen LogP contribution in [0.5, 0.6) is 0 Å². The molecule has 0 amide bonds. The van der Waals surface area contributed by atoms with E-state index < -0.39 is 11.9 Å². The number of nitrogens with zero attached hydrogens (tertiary/aromatic N) is 4. The maximum Gasteiger partial charge on any atom is 0.329 e. The SMILES string of the molecule is COC(=O)[C@H](C#N)c1nc2ccccc2nc1NCCc1ccccn1. The minimum atomic E-state index is -1.14. The molecule has 0 spiro atoms. The number of para-hydroxylation sites is 2. The van der Waals surface area contributed by atoms with Gasteiger partial charge in [-0.3, -0.25) is 9.78 Å². The first-order valence-electron chi connectivity index (χ1n) is 8.11.